The third-order valence-electron chi connectivity index (χ3n) is 4.20. The predicted octanol–water partition coefficient (Wildman–Crippen LogP) is 3.14. The topological polar surface area (TPSA) is 63.2 Å². The molecule has 0 radical (unpaired) electrons. The van der Waals surface area contributed by atoms with Crippen LogP contribution in [0.25, 0.3) is 0 Å². The van der Waals surface area contributed by atoms with Crippen molar-refractivity contribution in [3.63, 3.8) is 0 Å². The van der Waals surface area contributed by atoms with E-state index >= 15 is 0 Å². The third kappa shape index (κ3) is 4.05. The Bertz CT molecular complexity index is 819. The summed E-state index contributed by atoms with van der Waals surface area (Å²) in [7, 11) is -3.35. The van der Waals surface area contributed by atoms with E-state index in [1.54, 1.807) is 30.3 Å². The van der Waals surface area contributed by atoms with Crippen LogP contribution in [0.2, 0.25) is 0 Å². The fourth-order valence-electron chi connectivity index (χ4n) is 2.75. The van der Waals surface area contributed by atoms with Gasteiger partial charge in [-0.2, -0.15) is 0 Å². The van der Waals surface area contributed by atoms with E-state index in [4.69, 9.17) is 0 Å². The molecule has 1 N–H and O–H groups in total. The number of hydrogen-bond acceptors (Lipinski definition) is 3. The Labute approximate surface area is 150 Å². The number of rotatable bonds is 6. The highest BCUT2D eigenvalue weighted by Gasteiger charge is 2.43. The van der Waals surface area contributed by atoms with Gasteiger partial charge in [0, 0.05) is 16.9 Å². The molecule has 0 heterocycles. The Hall–Kier alpha value is -1.66. The third-order valence-corrected chi connectivity index (χ3v) is 6.46. The SMILES string of the molecule is O=C(NCCS(=O)(=O)c1ccccc1)C1CC1c1ccc(Br)cc1. The van der Waals surface area contributed by atoms with Crippen LogP contribution in [0.3, 0.4) is 0 Å². The zero-order chi connectivity index (χ0) is 17.2. The highest BCUT2D eigenvalue weighted by atomic mass is 79.9. The summed E-state index contributed by atoms with van der Waals surface area (Å²) in [5.74, 6) is 0.0407. The number of carbonyl (C=O) groups is 1. The summed E-state index contributed by atoms with van der Waals surface area (Å²) in [5, 5.41) is 2.75. The first kappa shape index (κ1) is 17.2. The van der Waals surface area contributed by atoms with Crippen molar-refractivity contribution in [3.05, 3.63) is 64.6 Å². The van der Waals surface area contributed by atoms with Crippen molar-refractivity contribution in [1.29, 1.82) is 0 Å². The van der Waals surface area contributed by atoms with E-state index in [0.717, 1.165) is 16.5 Å². The van der Waals surface area contributed by atoms with Gasteiger partial charge in [-0.25, -0.2) is 8.42 Å². The molecule has 0 spiro atoms. The van der Waals surface area contributed by atoms with Crippen molar-refractivity contribution < 1.29 is 13.2 Å². The fraction of sp³-hybridized carbons (Fsp3) is 0.278. The van der Waals surface area contributed by atoms with Crippen molar-refractivity contribution in [2.75, 3.05) is 12.3 Å². The maximum Gasteiger partial charge on any atom is 0.223 e. The second kappa shape index (κ2) is 7.07. The minimum atomic E-state index is -3.35. The maximum absolute atomic E-state index is 12.2. The first-order valence-electron chi connectivity index (χ1n) is 7.78. The summed E-state index contributed by atoms with van der Waals surface area (Å²) >= 11 is 3.39. The van der Waals surface area contributed by atoms with Crippen molar-refractivity contribution in [3.8, 4) is 0 Å². The first-order chi connectivity index (χ1) is 11.5. The first-order valence-corrected chi connectivity index (χ1v) is 10.2. The largest absolute Gasteiger partial charge is 0.355 e. The zero-order valence-electron chi connectivity index (χ0n) is 13.0. The van der Waals surface area contributed by atoms with E-state index < -0.39 is 9.84 Å². The lowest BCUT2D eigenvalue weighted by molar-refractivity contribution is -0.122. The zero-order valence-corrected chi connectivity index (χ0v) is 15.4. The minimum absolute atomic E-state index is 0.0504. The molecule has 0 bridgehead atoms. The summed E-state index contributed by atoms with van der Waals surface area (Å²) in [6, 6.07) is 16.3. The van der Waals surface area contributed by atoms with Crippen molar-refractivity contribution in [1.82, 2.24) is 5.32 Å². The second-order valence-electron chi connectivity index (χ2n) is 5.92. The summed E-state index contributed by atoms with van der Waals surface area (Å²) in [6.45, 7) is 0.139. The van der Waals surface area contributed by atoms with Gasteiger partial charge < -0.3 is 5.32 Å². The van der Waals surface area contributed by atoms with E-state index in [0.29, 0.717) is 4.90 Å². The number of sulfone groups is 1. The molecule has 24 heavy (non-hydrogen) atoms. The van der Waals surface area contributed by atoms with Gasteiger partial charge >= 0.3 is 0 Å². The number of benzene rings is 2. The van der Waals surface area contributed by atoms with Crippen molar-refractivity contribution in [2.24, 2.45) is 5.92 Å². The molecule has 1 aliphatic rings. The van der Waals surface area contributed by atoms with Crippen LogP contribution in [-0.2, 0) is 14.6 Å². The Morgan fingerprint density at radius 2 is 1.75 bits per heavy atom. The van der Waals surface area contributed by atoms with Crippen molar-refractivity contribution >= 4 is 31.7 Å². The van der Waals surface area contributed by atoms with Crippen molar-refractivity contribution in [2.45, 2.75) is 17.2 Å². The molecule has 1 amide bonds. The molecule has 1 saturated carbocycles. The van der Waals surface area contributed by atoms with E-state index in [2.05, 4.69) is 21.2 Å². The van der Waals surface area contributed by atoms with Crippen LogP contribution >= 0.6 is 15.9 Å². The van der Waals surface area contributed by atoms with Gasteiger partial charge in [0.2, 0.25) is 5.91 Å². The molecule has 1 aliphatic carbocycles. The molecule has 1 fully saturated rings. The number of carbonyl (C=O) groups excluding carboxylic acids is 1. The van der Waals surface area contributed by atoms with E-state index in [-0.39, 0.29) is 30.0 Å². The van der Waals surface area contributed by atoms with Crippen LogP contribution in [0.5, 0.6) is 0 Å². The van der Waals surface area contributed by atoms with Gasteiger partial charge in [-0.15, -0.1) is 0 Å². The minimum Gasteiger partial charge on any atom is -0.355 e. The predicted molar refractivity (Wildman–Crippen MR) is 96.5 cm³/mol. The van der Waals surface area contributed by atoms with Crippen LogP contribution in [0, 0.1) is 5.92 Å². The lowest BCUT2D eigenvalue weighted by Gasteiger charge is -2.07. The lowest BCUT2D eigenvalue weighted by Crippen LogP contribution is -2.30. The van der Waals surface area contributed by atoms with Gasteiger partial charge in [-0.3, -0.25) is 4.79 Å². The van der Waals surface area contributed by atoms with Crippen LogP contribution in [-0.4, -0.2) is 26.6 Å². The quantitative estimate of drug-likeness (QED) is 0.799. The highest BCUT2D eigenvalue weighted by molar-refractivity contribution is 9.10. The van der Waals surface area contributed by atoms with Crippen LogP contribution in [0.15, 0.2) is 64.0 Å². The van der Waals surface area contributed by atoms with Gasteiger partial charge in [0.15, 0.2) is 9.84 Å². The smallest absolute Gasteiger partial charge is 0.223 e. The monoisotopic (exact) mass is 407 g/mol. The molecule has 6 heteroatoms. The average molecular weight is 408 g/mol. The normalized spacial score (nSPS) is 19.7. The summed E-state index contributed by atoms with van der Waals surface area (Å²) in [4.78, 5) is 12.5. The standard InChI is InChI=1S/C18H18BrNO3S/c19-14-8-6-13(7-9-14)16-12-17(16)18(21)20-10-11-24(22,23)15-4-2-1-3-5-15/h1-9,16-17H,10-12H2,(H,20,21). The maximum atomic E-state index is 12.2. The molecule has 2 unspecified atom stereocenters. The molecule has 2 aromatic rings. The van der Waals surface area contributed by atoms with E-state index in [1.165, 1.54) is 0 Å². The Morgan fingerprint density at radius 3 is 2.42 bits per heavy atom. The van der Waals surface area contributed by atoms with Gasteiger partial charge in [-0.1, -0.05) is 46.3 Å². The molecule has 0 aliphatic heterocycles. The molecule has 0 saturated heterocycles. The highest BCUT2D eigenvalue weighted by Crippen LogP contribution is 2.47. The number of halogens is 1. The van der Waals surface area contributed by atoms with Crippen LogP contribution in [0.1, 0.15) is 17.9 Å². The molecule has 3 rings (SSSR count). The summed E-state index contributed by atoms with van der Waals surface area (Å²) in [5.41, 5.74) is 1.15. The molecule has 2 atom stereocenters. The van der Waals surface area contributed by atoms with Gasteiger partial charge in [-0.05, 0) is 42.2 Å². The number of nitrogens with one attached hydrogen (secondary N) is 1. The van der Waals surface area contributed by atoms with Gasteiger partial charge in [0.1, 0.15) is 0 Å². The van der Waals surface area contributed by atoms with Gasteiger partial charge in [0.25, 0.3) is 0 Å². The Morgan fingerprint density at radius 1 is 1.08 bits per heavy atom. The van der Waals surface area contributed by atoms with E-state index in [9.17, 15) is 13.2 Å². The molecule has 2 aromatic carbocycles. The summed E-state index contributed by atoms with van der Waals surface area (Å²) in [6.07, 6.45) is 0.818. The Balaban J connectivity index is 1.50. The van der Waals surface area contributed by atoms with Gasteiger partial charge in [0.05, 0.1) is 10.6 Å². The Kier molecular flexibility index (Phi) is 5.06. The molecule has 0 aromatic heterocycles. The summed E-state index contributed by atoms with van der Waals surface area (Å²) < 4.78 is 25.3. The second-order valence-corrected chi connectivity index (χ2v) is 8.95. The van der Waals surface area contributed by atoms with Crippen LogP contribution < -0.4 is 5.32 Å². The molecular weight excluding hydrogens is 390 g/mol. The average Bonchev–Trinajstić information content (AvgIpc) is 3.37. The van der Waals surface area contributed by atoms with Crippen LogP contribution in [0.4, 0.5) is 0 Å². The van der Waals surface area contributed by atoms with E-state index in [1.807, 2.05) is 24.3 Å². The number of hydrogen-bond donors (Lipinski definition) is 1. The molecule has 126 valence electrons. The lowest BCUT2D eigenvalue weighted by atomic mass is 10.1. The fourth-order valence-corrected chi connectivity index (χ4v) is 4.19. The molecular formula is C18H18BrNO3S. The number of amides is 1. The molecule has 4 nitrogen and oxygen atoms in total.